The number of carbonyl (C=O) groups excluding carboxylic acids is 1. The summed E-state index contributed by atoms with van der Waals surface area (Å²) in [6.07, 6.45) is 1.20. The Labute approximate surface area is 128 Å². The number of amides is 1. The van der Waals surface area contributed by atoms with E-state index in [1.54, 1.807) is 0 Å². The molecular weight excluding hydrogens is 260 g/mol. The normalized spacial score (nSPS) is 26.7. The maximum absolute atomic E-state index is 13.1. The summed E-state index contributed by atoms with van der Waals surface area (Å²) in [6, 6.07) is 7.98. The summed E-state index contributed by atoms with van der Waals surface area (Å²) in [7, 11) is 0. The molecule has 0 bridgehead atoms. The van der Waals surface area contributed by atoms with Gasteiger partial charge in [0.1, 0.15) is 0 Å². The quantitative estimate of drug-likeness (QED) is 0.847. The molecule has 3 nitrogen and oxygen atoms in total. The molecule has 2 rings (SSSR count). The van der Waals surface area contributed by atoms with Gasteiger partial charge in [0.15, 0.2) is 0 Å². The van der Waals surface area contributed by atoms with Crippen molar-refractivity contribution in [1.29, 1.82) is 0 Å². The third kappa shape index (κ3) is 3.07. The number of benzene rings is 1. The molecule has 116 valence electrons. The van der Waals surface area contributed by atoms with E-state index in [1.807, 2.05) is 38.1 Å². The van der Waals surface area contributed by atoms with E-state index in [4.69, 9.17) is 5.73 Å². The molecule has 0 radical (unpaired) electrons. The van der Waals surface area contributed by atoms with Crippen LogP contribution in [0.1, 0.15) is 46.6 Å². The molecule has 3 atom stereocenters. The Morgan fingerprint density at radius 3 is 2.33 bits per heavy atom. The van der Waals surface area contributed by atoms with Crippen LogP contribution < -0.4 is 5.73 Å². The predicted molar refractivity (Wildman–Crippen MR) is 88.0 cm³/mol. The summed E-state index contributed by atoms with van der Waals surface area (Å²) in [5.74, 6) is 1.35. The molecule has 0 spiro atoms. The van der Waals surface area contributed by atoms with Gasteiger partial charge in [-0.2, -0.15) is 0 Å². The van der Waals surface area contributed by atoms with E-state index in [9.17, 15) is 4.79 Å². The van der Waals surface area contributed by atoms with Crippen molar-refractivity contribution in [2.45, 2.75) is 52.5 Å². The number of nitrogens with two attached hydrogens (primary N) is 1. The van der Waals surface area contributed by atoms with E-state index < -0.39 is 5.41 Å². The Kier molecular flexibility index (Phi) is 4.31. The van der Waals surface area contributed by atoms with Crippen LogP contribution in [0.2, 0.25) is 0 Å². The number of nitrogens with zero attached hydrogens (tertiary/aromatic N) is 1. The van der Waals surface area contributed by atoms with E-state index >= 15 is 0 Å². The van der Waals surface area contributed by atoms with E-state index in [0.717, 1.165) is 17.8 Å². The number of carbonyl (C=O) groups is 1. The molecule has 1 saturated heterocycles. The molecule has 1 fully saturated rings. The van der Waals surface area contributed by atoms with Crippen LogP contribution in [-0.2, 0) is 10.2 Å². The fourth-order valence-electron chi connectivity index (χ4n) is 3.37. The van der Waals surface area contributed by atoms with Gasteiger partial charge in [0.25, 0.3) is 0 Å². The van der Waals surface area contributed by atoms with Gasteiger partial charge in [-0.15, -0.1) is 0 Å². The van der Waals surface area contributed by atoms with E-state index in [1.165, 1.54) is 6.42 Å². The van der Waals surface area contributed by atoms with E-state index in [2.05, 4.69) is 25.7 Å². The van der Waals surface area contributed by atoms with Gasteiger partial charge in [-0.25, -0.2) is 0 Å². The van der Waals surface area contributed by atoms with Crippen LogP contribution in [0.5, 0.6) is 0 Å². The molecule has 0 aliphatic carbocycles. The average Bonchev–Trinajstić information content (AvgIpc) is 2.42. The molecule has 1 amide bonds. The fraction of sp³-hybridized carbons (Fsp3) is 0.611. The summed E-state index contributed by atoms with van der Waals surface area (Å²) in [4.78, 5) is 15.2. The van der Waals surface area contributed by atoms with Crippen LogP contribution in [0.25, 0.3) is 0 Å². The molecule has 1 aliphatic heterocycles. The molecule has 2 N–H and O–H groups in total. The van der Waals surface area contributed by atoms with Gasteiger partial charge in [-0.3, -0.25) is 4.79 Å². The number of nitrogen functional groups attached to an aromatic ring is 1. The lowest BCUT2D eigenvalue weighted by atomic mass is 9.79. The molecular formula is C18H28N2O. The number of piperidine rings is 1. The maximum Gasteiger partial charge on any atom is 0.232 e. The van der Waals surface area contributed by atoms with E-state index in [0.29, 0.717) is 17.9 Å². The van der Waals surface area contributed by atoms with Gasteiger partial charge in [-0.1, -0.05) is 26.0 Å². The first-order chi connectivity index (χ1) is 9.73. The van der Waals surface area contributed by atoms with Crippen molar-refractivity contribution in [1.82, 2.24) is 4.90 Å². The fourth-order valence-corrected chi connectivity index (χ4v) is 3.37. The van der Waals surface area contributed by atoms with Crippen molar-refractivity contribution in [3.8, 4) is 0 Å². The zero-order chi connectivity index (χ0) is 15.8. The van der Waals surface area contributed by atoms with Crippen LogP contribution in [0.3, 0.4) is 0 Å². The first-order valence-electron chi connectivity index (χ1n) is 7.90. The van der Waals surface area contributed by atoms with Gasteiger partial charge in [-0.05, 0) is 56.7 Å². The van der Waals surface area contributed by atoms with Crippen molar-refractivity contribution in [3.05, 3.63) is 29.8 Å². The molecule has 21 heavy (non-hydrogen) atoms. The lowest BCUT2D eigenvalue weighted by Crippen LogP contribution is -2.54. The molecule has 1 heterocycles. The number of hydrogen-bond acceptors (Lipinski definition) is 2. The van der Waals surface area contributed by atoms with Crippen LogP contribution in [0, 0.1) is 11.8 Å². The Balaban J connectivity index is 2.26. The summed E-state index contributed by atoms with van der Waals surface area (Å²) < 4.78 is 0. The first kappa shape index (κ1) is 15.9. The minimum absolute atomic E-state index is 0.221. The van der Waals surface area contributed by atoms with Crippen LogP contribution in [0.15, 0.2) is 24.3 Å². The highest BCUT2D eigenvalue weighted by molar-refractivity contribution is 5.87. The number of likely N-dealkylation sites (tertiary alicyclic amines) is 1. The van der Waals surface area contributed by atoms with Crippen molar-refractivity contribution in [3.63, 3.8) is 0 Å². The smallest absolute Gasteiger partial charge is 0.232 e. The average molecular weight is 288 g/mol. The zero-order valence-electron chi connectivity index (χ0n) is 13.9. The lowest BCUT2D eigenvalue weighted by Gasteiger charge is -2.44. The monoisotopic (exact) mass is 288 g/mol. The van der Waals surface area contributed by atoms with Crippen molar-refractivity contribution < 1.29 is 4.79 Å². The second-order valence-electron chi connectivity index (χ2n) is 7.26. The predicted octanol–water partition coefficient (Wildman–Crippen LogP) is 3.44. The number of rotatable bonds is 2. The Bertz CT molecular complexity index is 506. The number of hydrogen-bond donors (Lipinski definition) is 1. The van der Waals surface area contributed by atoms with Crippen molar-refractivity contribution >= 4 is 11.6 Å². The summed E-state index contributed by atoms with van der Waals surface area (Å²) >= 11 is 0. The minimum Gasteiger partial charge on any atom is -0.399 e. The highest BCUT2D eigenvalue weighted by Crippen LogP contribution is 2.33. The van der Waals surface area contributed by atoms with E-state index in [-0.39, 0.29) is 5.91 Å². The first-order valence-corrected chi connectivity index (χ1v) is 7.90. The van der Waals surface area contributed by atoms with Crippen molar-refractivity contribution in [2.75, 3.05) is 12.3 Å². The van der Waals surface area contributed by atoms with Crippen LogP contribution in [0.4, 0.5) is 5.69 Å². The standard InChI is InChI=1S/C18H28N2O/c1-12-10-13(2)14(3)20(11-12)17(21)18(4,5)15-6-8-16(19)9-7-15/h6-9,12-14H,10-11,19H2,1-5H3. The molecule has 0 saturated carbocycles. The van der Waals surface area contributed by atoms with Crippen LogP contribution in [-0.4, -0.2) is 23.4 Å². The molecule has 1 aliphatic rings. The molecule has 0 aromatic heterocycles. The third-order valence-corrected chi connectivity index (χ3v) is 5.03. The summed E-state index contributed by atoms with van der Waals surface area (Å²) in [6.45, 7) is 11.5. The SMILES string of the molecule is CC1CC(C)C(C)N(C(=O)C(C)(C)c2ccc(N)cc2)C1. The summed E-state index contributed by atoms with van der Waals surface area (Å²) in [5.41, 5.74) is 7.00. The topological polar surface area (TPSA) is 46.3 Å². The minimum atomic E-state index is -0.515. The second-order valence-corrected chi connectivity index (χ2v) is 7.26. The van der Waals surface area contributed by atoms with Gasteiger partial charge in [0.2, 0.25) is 5.91 Å². The maximum atomic E-state index is 13.1. The van der Waals surface area contributed by atoms with Crippen LogP contribution >= 0.6 is 0 Å². The third-order valence-electron chi connectivity index (χ3n) is 5.03. The van der Waals surface area contributed by atoms with Gasteiger partial charge >= 0.3 is 0 Å². The Morgan fingerprint density at radius 2 is 1.76 bits per heavy atom. The highest BCUT2D eigenvalue weighted by Gasteiger charge is 2.39. The lowest BCUT2D eigenvalue weighted by molar-refractivity contribution is -0.142. The molecule has 3 heteroatoms. The summed E-state index contributed by atoms with van der Waals surface area (Å²) in [5, 5.41) is 0. The van der Waals surface area contributed by atoms with Gasteiger partial charge < -0.3 is 10.6 Å². The highest BCUT2D eigenvalue weighted by atomic mass is 16.2. The largest absolute Gasteiger partial charge is 0.399 e. The Hall–Kier alpha value is -1.51. The second kappa shape index (κ2) is 5.70. The van der Waals surface area contributed by atoms with Gasteiger partial charge in [0.05, 0.1) is 5.41 Å². The van der Waals surface area contributed by atoms with Gasteiger partial charge in [0, 0.05) is 18.3 Å². The van der Waals surface area contributed by atoms with Crippen molar-refractivity contribution in [2.24, 2.45) is 11.8 Å². The molecule has 1 aromatic rings. The zero-order valence-corrected chi connectivity index (χ0v) is 13.9. The molecule has 1 aromatic carbocycles. The number of anilines is 1. The molecule has 3 unspecified atom stereocenters. The Morgan fingerprint density at radius 1 is 1.19 bits per heavy atom.